The molecule has 0 saturated carbocycles. The summed E-state index contributed by atoms with van der Waals surface area (Å²) in [6.45, 7) is 9.63. The highest BCUT2D eigenvalue weighted by atomic mass is 32.2. The SMILES string of the molecule is CCN(CC)c1nc(C)c2nc(SCC(=O)NCCN)n(CCNc3ncnc4nc[nH]c34)c2n1. The van der Waals surface area contributed by atoms with Crippen molar-refractivity contribution in [2.24, 2.45) is 5.73 Å². The summed E-state index contributed by atoms with van der Waals surface area (Å²) in [6.07, 6.45) is 3.07. The van der Waals surface area contributed by atoms with E-state index in [4.69, 9.17) is 15.7 Å². The molecule has 0 aliphatic heterocycles. The molecule has 4 rings (SSSR count). The quantitative estimate of drug-likeness (QED) is 0.205. The summed E-state index contributed by atoms with van der Waals surface area (Å²) in [7, 11) is 0. The molecule has 35 heavy (non-hydrogen) atoms. The van der Waals surface area contributed by atoms with Crippen molar-refractivity contribution in [2.45, 2.75) is 32.5 Å². The van der Waals surface area contributed by atoms with Gasteiger partial charge in [0.1, 0.15) is 17.4 Å². The summed E-state index contributed by atoms with van der Waals surface area (Å²) in [6, 6.07) is 0. The second-order valence-electron chi connectivity index (χ2n) is 7.68. The molecule has 0 radical (unpaired) electrons. The minimum atomic E-state index is -0.0913. The molecule has 0 aliphatic rings. The number of nitrogens with two attached hydrogens (primary N) is 1. The van der Waals surface area contributed by atoms with Crippen molar-refractivity contribution in [3.8, 4) is 0 Å². The number of thioether (sulfide) groups is 1. The Labute approximate surface area is 206 Å². The number of hydrogen-bond donors (Lipinski definition) is 4. The Morgan fingerprint density at radius 1 is 1.17 bits per heavy atom. The summed E-state index contributed by atoms with van der Waals surface area (Å²) < 4.78 is 2.02. The van der Waals surface area contributed by atoms with Gasteiger partial charge in [-0.25, -0.2) is 24.9 Å². The number of fused-ring (bicyclic) bond motifs is 2. The maximum Gasteiger partial charge on any atom is 0.230 e. The molecule has 0 saturated heterocycles. The molecule has 186 valence electrons. The van der Waals surface area contributed by atoms with Crippen LogP contribution in [0.3, 0.4) is 0 Å². The number of anilines is 2. The Balaban J connectivity index is 1.62. The van der Waals surface area contributed by atoms with E-state index >= 15 is 0 Å². The zero-order valence-electron chi connectivity index (χ0n) is 20.1. The van der Waals surface area contributed by atoms with Crippen LogP contribution in [0.2, 0.25) is 0 Å². The van der Waals surface area contributed by atoms with E-state index in [0.29, 0.717) is 48.7 Å². The van der Waals surface area contributed by atoms with Crippen LogP contribution in [0.5, 0.6) is 0 Å². The second kappa shape index (κ2) is 11.3. The number of imidazole rings is 2. The van der Waals surface area contributed by atoms with E-state index in [9.17, 15) is 4.79 Å². The number of aromatic nitrogens is 8. The van der Waals surface area contributed by atoms with Gasteiger partial charge >= 0.3 is 0 Å². The number of rotatable bonds is 12. The second-order valence-corrected chi connectivity index (χ2v) is 8.62. The third-order valence-electron chi connectivity index (χ3n) is 5.42. The molecule has 13 nitrogen and oxygen atoms in total. The first-order valence-electron chi connectivity index (χ1n) is 11.5. The van der Waals surface area contributed by atoms with Crippen molar-refractivity contribution >= 4 is 51.8 Å². The molecule has 0 atom stereocenters. The van der Waals surface area contributed by atoms with Crippen LogP contribution in [-0.4, -0.2) is 83.8 Å². The van der Waals surface area contributed by atoms with Gasteiger partial charge in [0.15, 0.2) is 22.3 Å². The third kappa shape index (κ3) is 5.43. The molecule has 0 spiro atoms. The standard InChI is InChI=1S/C21H30N12OS/c1-4-32(5-2)20-29-13(3)15-19(31-20)33(21(30-15)35-10-14(34)23-7-6-22)9-8-24-17-16-18(26-11-25-16)28-12-27-17/h11-12H,4-10,22H2,1-3H3,(H,23,34)(H2,24,25,26,27,28). The van der Waals surface area contributed by atoms with Gasteiger partial charge in [0.05, 0.1) is 17.8 Å². The first-order chi connectivity index (χ1) is 17.0. The van der Waals surface area contributed by atoms with Crippen molar-refractivity contribution in [3.05, 3.63) is 18.3 Å². The zero-order valence-corrected chi connectivity index (χ0v) is 20.9. The van der Waals surface area contributed by atoms with Crippen molar-refractivity contribution in [1.82, 2.24) is 44.8 Å². The molecule has 5 N–H and O–H groups in total. The summed E-state index contributed by atoms with van der Waals surface area (Å²) in [5.41, 5.74) is 9.10. The van der Waals surface area contributed by atoms with Gasteiger partial charge in [-0.3, -0.25) is 4.79 Å². The number of aryl methyl sites for hydroxylation is 1. The Kier molecular flexibility index (Phi) is 7.92. The lowest BCUT2D eigenvalue weighted by Gasteiger charge is -2.19. The van der Waals surface area contributed by atoms with E-state index in [-0.39, 0.29) is 11.7 Å². The van der Waals surface area contributed by atoms with Crippen LogP contribution >= 0.6 is 11.8 Å². The van der Waals surface area contributed by atoms with Crippen LogP contribution in [-0.2, 0) is 11.3 Å². The molecule has 0 fully saturated rings. The predicted octanol–water partition coefficient (Wildman–Crippen LogP) is 0.926. The van der Waals surface area contributed by atoms with Crippen molar-refractivity contribution in [2.75, 3.05) is 48.7 Å². The van der Waals surface area contributed by atoms with Gasteiger partial charge in [0, 0.05) is 39.3 Å². The lowest BCUT2D eigenvalue weighted by Crippen LogP contribution is -2.30. The van der Waals surface area contributed by atoms with Crippen LogP contribution in [0, 0.1) is 6.92 Å². The number of carbonyl (C=O) groups is 1. The number of nitrogens with one attached hydrogen (secondary N) is 3. The van der Waals surface area contributed by atoms with E-state index < -0.39 is 0 Å². The number of H-pyrrole nitrogens is 1. The van der Waals surface area contributed by atoms with E-state index in [2.05, 4.69) is 54.3 Å². The number of amides is 1. The molecule has 4 aromatic rings. The van der Waals surface area contributed by atoms with E-state index in [1.54, 1.807) is 6.33 Å². The van der Waals surface area contributed by atoms with Gasteiger partial charge < -0.3 is 30.8 Å². The molecule has 4 heterocycles. The maximum atomic E-state index is 12.2. The van der Waals surface area contributed by atoms with E-state index in [1.807, 2.05) is 11.5 Å². The lowest BCUT2D eigenvalue weighted by molar-refractivity contribution is -0.118. The van der Waals surface area contributed by atoms with Gasteiger partial charge in [-0.1, -0.05) is 11.8 Å². The summed E-state index contributed by atoms with van der Waals surface area (Å²) in [5, 5.41) is 6.84. The minimum Gasteiger partial charge on any atom is -0.366 e. The first-order valence-corrected chi connectivity index (χ1v) is 12.5. The van der Waals surface area contributed by atoms with Crippen LogP contribution in [0.1, 0.15) is 19.5 Å². The average molecular weight is 499 g/mol. The Bertz CT molecular complexity index is 1300. The molecular formula is C21H30N12OS. The van der Waals surface area contributed by atoms with Gasteiger partial charge in [0.25, 0.3) is 0 Å². The van der Waals surface area contributed by atoms with Crippen molar-refractivity contribution < 1.29 is 4.79 Å². The minimum absolute atomic E-state index is 0.0913. The highest BCUT2D eigenvalue weighted by molar-refractivity contribution is 7.99. The van der Waals surface area contributed by atoms with Gasteiger partial charge in [-0.15, -0.1) is 0 Å². The van der Waals surface area contributed by atoms with Crippen molar-refractivity contribution in [1.29, 1.82) is 0 Å². The highest BCUT2D eigenvalue weighted by Gasteiger charge is 2.19. The largest absolute Gasteiger partial charge is 0.366 e. The van der Waals surface area contributed by atoms with Crippen LogP contribution in [0.4, 0.5) is 11.8 Å². The normalized spacial score (nSPS) is 11.3. The molecule has 4 aromatic heterocycles. The Morgan fingerprint density at radius 3 is 2.77 bits per heavy atom. The lowest BCUT2D eigenvalue weighted by atomic mass is 10.4. The van der Waals surface area contributed by atoms with Gasteiger partial charge in [-0.2, -0.15) is 4.98 Å². The van der Waals surface area contributed by atoms with Gasteiger partial charge in [0.2, 0.25) is 11.9 Å². The van der Waals surface area contributed by atoms with E-state index in [0.717, 1.165) is 35.5 Å². The molecular weight excluding hydrogens is 468 g/mol. The Hall–Kier alpha value is -3.52. The molecule has 0 unspecified atom stereocenters. The summed E-state index contributed by atoms with van der Waals surface area (Å²) >= 11 is 1.36. The number of nitrogens with zero attached hydrogens (tertiary/aromatic N) is 8. The fraction of sp³-hybridized carbons (Fsp3) is 0.476. The molecule has 0 bridgehead atoms. The third-order valence-corrected chi connectivity index (χ3v) is 6.39. The predicted molar refractivity (Wildman–Crippen MR) is 137 cm³/mol. The smallest absolute Gasteiger partial charge is 0.230 e. The number of hydrogen-bond acceptors (Lipinski definition) is 11. The number of aromatic amines is 1. The van der Waals surface area contributed by atoms with Crippen LogP contribution in [0.25, 0.3) is 22.3 Å². The monoisotopic (exact) mass is 498 g/mol. The first kappa shape index (κ1) is 24.6. The maximum absolute atomic E-state index is 12.2. The fourth-order valence-electron chi connectivity index (χ4n) is 3.64. The molecule has 0 aromatic carbocycles. The average Bonchev–Trinajstić information content (AvgIpc) is 3.48. The Morgan fingerprint density at radius 2 is 2.00 bits per heavy atom. The number of carbonyl (C=O) groups excluding carboxylic acids is 1. The van der Waals surface area contributed by atoms with E-state index in [1.165, 1.54) is 18.1 Å². The fourth-order valence-corrected chi connectivity index (χ4v) is 4.49. The van der Waals surface area contributed by atoms with Crippen LogP contribution in [0.15, 0.2) is 17.8 Å². The molecule has 0 aliphatic carbocycles. The summed E-state index contributed by atoms with van der Waals surface area (Å²) in [4.78, 5) is 44.3. The van der Waals surface area contributed by atoms with Crippen molar-refractivity contribution in [3.63, 3.8) is 0 Å². The summed E-state index contributed by atoms with van der Waals surface area (Å²) in [5.74, 6) is 1.47. The van der Waals surface area contributed by atoms with Gasteiger partial charge in [-0.05, 0) is 20.8 Å². The molecule has 1 amide bonds. The molecule has 14 heteroatoms. The van der Waals surface area contributed by atoms with Crippen LogP contribution < -0.4 is 21.3 Å². The zero-order chi connectivity index (χ0) is 24.8. The highest BCUT2D eigenvalue weighted by Crippen LogP contribution is 2.26. The topological polar surface area (TPSA) is 168 Å².